The lowest BCUT2D eigenvalue weighted by Gasteiger charge is -2.06. The number of thiophene rings is 1. The van der Waals surface area contributed by atoms with Crippen molar-refractivity contribution in [2.24, 2.45) is 0 Å². The van der Waals surface area contributed by atoms with Crippen LogP contribution in [0.5, 0.6) is 0 Å². The van der Waals surface area contributed by atoms with Gasteiger partial charge in [-0.15, -0.1) is 11.3 Å². The first-order chi connectivity index (χ1) is 9.69. The summed E-state index contributed by atoms with van der Waals surface area (Å²) in [7, 11) is 0. The second-order valence-corrected chi connectivity index (χ2v) is 6.82. The van der Waals surface area contributed by atoms with Gasteiger partial charge in [-0.3, -0.25) is 0 Å². The first-order valence-electron chi connectivity index (χ1n) is 6.44. The maximum atomic E-state index is 11.7. The van der Waals surface area contributed by atoms with Crippen LogP contribution in [-0.4, -0.2) is 12.6 Å². The van der Waals surface area contributed by atoms with Crippen molar-refractivity contribution in [3.63, 3.8) is 0 Å². The Morgan fingerprint density at radius 1 is 1.25 bits per heavy atom. The van der Waals surface area contributed by atoms with Crippen molar-refractivity contribution in [1.29, 1.82) is 0 Å². The average molecular weight is 354 g/mol. The Kier molecular flexibility index (Phi) is 5.61. The van der Waals surface area contributed by atoms with Gasteiger partial charge in [-0.25, -0.2) is 4.79 Å². The molecule has 3 nitrogen and oxygen atoms in total. The Morgan fingerprint density at radius 3 is 2.60 bits per heavy atom. The van der Waals surface area contributed by atoms with Gasteiger partial charge in [0.05, 0.1) is 16.0 Å². The molecule has 1 aromatic carbocycles. The molecule has 0 aliphatic rings. The van der Waals surface area contributed by atoms with Gasteiger partial charge in [0, 0.05) is 17.1 Å². The number of hydrogen-bond acceptors (Lipinski definition) is 4. The lowest BCUT2D eigenvalue weighted by atomic mass is 10.2. The van der Waals surface area contributed by atoms with Gasteiger partial charge in [0.1, 0.15) is 0 Å². The minimum Gasteiger partial charge on any atom is -0.462 e. The molecule has 0 aliphatic carbocycles. The third kappa shape index (κ3) is 4.35. The number of benzene rings is 1. The first kappa shape index (κ1) is 15.1. The van der Waals surface area contributed by atoms with E-state index in [2.05, 4.69) is 27.3 Å². The summed E-state index contributed by atoms with van der Waals surface area (Å²) in [6, 6.07) is 11.5. The molecule has 1 N–H and O–H groups in total. The summed E-state index contributed by atoms with van der Waals surface area (Å²) in [5.41, 5.74) is 1.57. The minimum atomic E-state index is -0.263. The highest BCUT2D eigenvalue weighted by Gasteiger charge is 2.06. The van der Waals surface area contributed by atoms with Crippen LogP contribution in [0.3, 0.4) is 0 Å². The van der Waals surface area contributed by atoms with E-state index in [9.17, 15) is 4.79 Å². The van der Waals surface area contributed by atoms with Crippen molar-refractivity contribution in [3.05, 3.63) is 50.6 Å². The molecule has 0 radical (unpaired) electrons. The molecule has 0 bridgehead atoms. The van der Waals surface area contributed by atoms with Gasteiger partial charge in [-0.05, 0) is 58.7 Å². The van der Waals surface area contributed by atoms with Crippen molar-refractivity contribution < 1.29 is 9.53 Å². The molecule has 1 aromatic heterocycles. The molecule has 0 aliphatic heterocycles. The second-order valence-electron chi connectivity index (χ2n) is 4.27. The van der Waals surface area contributed by atoms with Crippen LogP contribution in [0, 0.1) is 0 Å². The van der Waals surface area contributed by atoms with Crippen LogP contribution >= 0.6 is 27.3 Å². The van der Waals surface area contributed by atoms with Crippen LogP contribution in [0.4, 0.5) is 5.69 Å². The highest BCUT2D eigenvalue weighted by molar-refractivity contribution is 9.11. The van der Waals surface area contributed by atoms with Crippen LogP contribution < -0.4 is 5.32 Å². The van der Waals surface area contributed by atoms with Gasteiger partial charge in [-0.1, -0.05) is 6.92 Å². The number of nitrogens with one attached hydrogen (secondary N) is 1. The van der Waals surface area contributed by atoms with Crippen molar-refractivity contribution in [1.82, 2.24) is 0 Å². The number of anilines is 1. The molecule has 5 heteroatoms. The van der Waals surface area contributed by atoms with Gasteiger partial charge in [0.25, 0.3) is 0 Å². The standard InChI is InChI=1S/C15H16BrNO2S/c1-2-9-19-15(18)11-3-5-12(6-4-11)17-10-13-7-8-14(16)20-13/h3-8,17H,2,9-10H2,1H3. The molecule has 2 aromatic rings. The van der Waals surface area contributed by atoms with E-state index < -0.39 is 0 Å². The Balaban J connectivity index is 1.89. The molecule has 0 saturated carbocycles. The van der Waals surface area contributed by atoms with Crippen LogP contribution in [0.2, 0.25) is 0 Å². The summed E-state index contributed by atoms with van der Waals surface area (Å²) < 4.78 is 6.21. The smallest absolute Gasteiger partial charge is 0.338 e. The maximum Gasteiger partial charge on any atom is 0.338 e. The second kappa shape index (κ2) is 7.45. The third-order valence-electron chi connectivity index (χ3n) is 2.65. The zero-order valence-electron chi connectivity index (χ0n) is 11.2. The van der Waals surface area contributed by atoms with Crippen molar-refractivity contribution in [2.75, 3.05) is 11.9 Å². The van der Waals surface area contributed by atoms with Crippen LogP contribution in [0.25, 0.3) is 0 Å². The molecule has 0 saturated heterocycles. The van der Waals surface area contributed by atoms with Crippen molar-refractivity contribution in [3.8, 4) is 0 Å². The van der Waals surface area contributed by atoms with E-state index in [0.717, 1.165) is 22.4 Å². The SMILES string of the molecule is CCCOC(=O)c1ccc(NCc2ccc(Br)s2)cc1. The predicted molar refractivity (Wildman–Crippen MR) is 86.4 cm³/mol. The Bertz CT molecular complexity index is 566. The third-order valence-corrected chi connectivity index (χ3v) is 4.28. The molecule has 20 heavy (non-hydrogen) atoms. The van der Waals surface area contributed by atoms with E-state index in [0.29, 0.717) is 12.2 Å². The number of ether oxygens (including phenoxy) is 1. The fourth-order valence-corrected chi connectivity index (χ4v) is 3.06. The lowest BCUT2D eigenvalue weighted by molar-refractivity contribution is 0.0505. The van der Waals surface area contributed by atoms with Crippen molar-refractivity contribution >= 4 is 38.9 Å². The normalized spacial score (nSPS) is 10.3. The fraction of sp³-hybridized carbons (Fsp3) is 0.267. The highest BCUT2D eigenvalue weighted by atomic mass is 79.9. The summed E-state index contributed by atoms with van der Waals surface area (Å²) in [5.74, 6) is -0.263. The van der Waals surface area contributed by atoms with E-state index in [1.54, 1.807) is 23.5 Å². The fourth-order valence-electron chi connectivity index (χ4n) is 1.64. The Morgan fingerprint density at radius 2 is 2.00 bits per heavy atom. The minimum absolute atomic E-state index is 0.263. The van der Waals surface area contributed by atoms with E-state index in [1.165, 1.54) is 4.88 Å². The van der Waals surface area contributed by atoms with Crippen LogP contribution in [0.1, 0.15) is 28.6 Å². The summed E-state index contributed by atoms with van der Waals surface area (Å²) in [6.07, 6.45) is 0.835. The number of hydrogen-bond donors (Lipinski definition) is 1. The largest absolute Gasteiger partial charge is 0.462 e. The zero-order valence-corrected chi connectivity index (χ0v) is 13.6. The monoisotopic (exact) mass is 353 g/mol. The number of esters is 1. The maximum absolute atomic E-state index is 11.7. The van der Waals surface area contributed by atoms with Crippen LogP contribution in [0.15, 0.2) is 40.2 Å². The van der Waals surface area contributed by atoms with Gasteiger partial charge in [-0.2, -0.15) is 0 Å². The van der Waals surface area contributed by atoms with E-state index in [-0.39, 0.29) is 5.97 Å². The molecule has 0 spiro atoms. The first-order valence-corrected chi connectivity index (χ1v) is 8.05. The van der Waals surface area contributed by atoms with Crippen LogP contribution in [-0.2, 0) is 11.3 Å². The molecule has 0 unspecified atom stereocenters. The average Bonchev–Trinajstić information content (AvgIpc) is 2.89. The van der Waals surface area contributed by atoms with Gasteiger partial charge < -0.3 is 10.1 Å². The summed E-state index contributed by atoms with van der Waals surface area (Å²) >= 11 is 5.15. The molecule has 0 amide bonds. The number of carbonyl (C=O) groups is 1. The summed E-state index contributed by atoms with van der Waals surface area (Å²) in [4.78, 5) is 12.9. The number of rotatable bonds is 6. The highest BCUT2D eigenvalue weighted by Crippen LogP contribution is 2.23. The molecular formula is C15H16BrNO2S. The zero-order chi connectivity index (χ0) is 14.4. The van der Waals surface area contributed by atoms with E-state index >= 15 is 0 Å². The molecular weight excluding hydrogens is 338 g/mol. The topological polar surface area (TPSA) is 38.3 Å². The predicted octanol–water partition coefficient (Wildman–Crippen LogP) is 4.69. The molecule has 1 heterocycles. The molecule has 0 fully saturated rings. The lowest BCUT2D eigenvalue weighted by Crippen LogP contribution is -2.06. The molecule has 106 valence electrons. The molecule has 0 atom stereocenters. The van der Waals surface area contributed by atoms with Crippen molar-refractivity contribution in [2.45, 2.75) is 19.9 Å². The molecule has 2 rings (SSSR count). The quantitative estimate of drug-likeness (QED) is 0.765. The Labute approximate surface area is 131 Å². The summed E-state index contributed by atoms with van der Waals surface area (Å²) in [5, 5.41) is 3.32. The summed E-state index contributed by atoms with van der Waals surface area (Å²) in [6.45, 7) is 3.21. The van der Waals surface area contributed by atoms with E-state index in [4.69, 9.17) is 4.74 Å². The van der Waals surface area contributed by atoms with Gasteiger partial charge in [0.2, 0.25) is 0 Å². The number of carbonyl (C=O) groups excluding carboxylic acids is 1. The Hall–Kier alpha value is -1.33. The van der Waals surface area contributed by atoms with Gasteiger partial charge in [0.15, 0.2) is 0 Å². The van der Waals surface area contributed by atoms with Gasteiger partial charge >= 0.3 is 5.97 Å². The number of halogens is 1. The van der Waals surface area contributed by atoms with E-state index in [1.807, 2.05) is 25.1 Å².